The molecule has 0 bridgehead atoms. The first kappa shape index (κ1) is 12.8. The molecule has 1 unspecified atom stereocenters. The molecular weight excluding hydrogens is 300 g/mol. The Kier molecular flexibility index (Phi) is 3.65. The van der Waals surface area contributed by atoms with Gasteiger partial charge in [-0.25, -0.2) is 9.97 Å². The van der Waals surface area contributed by atoms with Gasteiger partial charge in [0.15, 0.2) is 5.82 Å². The number of hydrogen-bond donors (Lipinski definition) is 0. The van der Waals surface area contributed by atoms with E-state index in [1.165, 1.54) is 24.1 Å². The lowest BCUT2D eigenvalue weighted by Gasteiger charge is -2.22. The van der Waals surface area contributed by atoms with Crippen molar-refractivity contribution >= 4 is 15.9 Å². The molecule has 0 N–H and O–H groups in total. The lowest BCUT2D eigenvalue weighted by molar-refractivity contribution is 0.439. The summed E-state index contributed by atoms with van der Waals surface area (Å²) in [6.45, 7) is 2.27. The Morgan fingerprint density at radius 1 is 1.26 bits per heavy atom. The second kappa shape index (κ2) is 5.41. The summed E-state index contributed by atoms with van der Waals surface area (Å²) in [7, 11) is 0. The van der Waals surface area contributed by atoms with Crippen molar-refractivity contribution in [1.82, 2.24) is 9.97 Å². The predicted octanol–water partition coefficient (Wildman–Crippen LogP) is 4.42. The average Bonchev–Trinajstić information content (AvgIpc) is 2.47. The van der Waals surface area contributed by atoms with Gasteiger partial charge < -0.3 is 0 Å². The van der Waals surface area contributed by atoms with Crippen LogP contribution in [0.2, 0.25) is 0 Å². The Morgan fingerprint density at radius 2 is 2.05 bits per heavy atom. The number of rotatable bonds is 2. The van der Waals surface area contributed by atoms with Crippen molar-refractivity contribution in [2.45, 2.75) is 32.6 Å². The maximum absolute atomic E-state index is 4.76. The monoisotopic (exact) mass is 316 g/mol. The molecule has 1 aliphatic carbocycles. The molecule has 1 aliphatic rings. The average molecular weight is 317 g/mol. The summed E-state index contributed by atoms with van der Waals surface area (Å²) in [5.41, 5.74) is 3.68. The molecule has 3 heteroatoms. The summed E-state index contributed by atoms with van der Waals surface area (Å²) in [4.78, 5) is 9.29. The minimum atomic E-state index is 0.814. The fraction of sp³-hybridized carbons (Fsp3) is 0.375. The van der Waals surface area contributed by atoms with E-state index in [1.807, 2.05) is 18.3 Å². The number of aromatic nitrogens is 2. The molecular formula is C16H17BrN2. The highest BCUT2D eigenvalue weighted by Crippen LogP contribution is 2.27. The van der Waals surface area contributed by atoms with Gasteiger partial charge in [-0.05, 0) is 42.9 Å². The maximum Gasteiger partial charge on any atom is 0.159 e. The van der Waals surface area contributed by atoms with E-state index >= 15 is 0 Å². The van der Waals surface area contributed by atoms with Crippen molar-refractivity contribution in [1.29, 1.82) is 0 Å². The molecule has 1 aromatic carbocycles. The van der Waals surface area contributed by atoms with Gasteiger partial charge in [0.25, 0.3) is 0 Å². The van der Waals surface area contributed by atoms with E-state index in [0.717, 1.165) is 34.6 Å². The molecule has 19 heavy (non-hydrogen) atoms. The minimum Gasteiger partial charge on any atom is -0.236 e. The molecule has 0 aliphatic heterocycles. The zero-order valence-electron chi connectivity index (χ0n) is 11.1. The van der Waals surface area contributed by atoms with E-state index in [4.69, 9.17) is 4.98 Å². The van der Waals surface area contributed by atoms with Crippen LogP contribution in [0, 0.1) is 5.92 Å². The summed E-state index contributed by atoms with van der Waals surface area (Å²) in [5, 5.41) is 0. The third-order valence-electron chi connectivity index (χ3n) is 3.93. The van der Waals surface area contributed by atoms with Crippen LogP contribution in [0.3, 0.4) is 0 Å². The standard InChI is InChI=1S/C16H17BrN2/c1-2-11-3-8-15-13(9-11)10-18-16(19-15)12-4-6-14(17)7-5-12/h4-7,10-11H,2-3,8-9H2,1H3. The molecule has 0 spiro atoms. The quantitative estimate of drug-likeness (QED) is 0.819. The summed E-state index contributed by atoms with van der Waals surface area (Å²) in [5.74, 6) is 1.66. The van der Waals surface area contributed by atoms with Crippen LogP contribution in [0.15, 0.2) is 34.9 Å². The largest absolute Gasteiger partial charge is 0.236 e. The Bertz CT molecular complexity index is 578. The van der Waals surface area contributed by atoms with Crippen LogP contribution in [0.4, 0.5) is 0 Å². The normalized spacial score (nSPS) is 18.1. The Hall–Kier alpha value is -1.22. The van der Waals surface area contributed by atoms with Gasteiger partial charge in [-0.15, -0.1) is 0 Å². The van der Waals surface area contributed by atoms with E-state index in [9.17, 15) is 0 Å². The van der Waals surface area contributed by atoms with Crippen LogP contribution >= 0.6 is 15.9 Å². The van der Waals surface area contributed by atoms with Gasteiger partial charge in [0.1, 0.15) is 0 Å². The number of hydrogen-bond acceptors (Lipinski definition) is 2. The highest BCUT2D eigenvalue weighted by atomic mass is 79.9. The first-order valence-electron chi connectivity index (χ1n) is 6.87. The van der Waals surface area contributed by atoms with Gasteiger partial charge in [0.2, 0.25) is 0 Å². The molecule has 3 rings (SSSR count). The smallest absolute Gasteiger partial charge is 0.159 e. The lowest BCUT2D eigenvalue weighted by atomic mass is 9.86. The number of halogens is 1. The van der Waals surface area contributed by atoms with Crippen LogP contribution < -0.4 is 0 Å². The van der Waals surface area contributed by atoms with Crippen LogP contribution in [-0.4, -0.2) is 9.97 Å². The first-order chi connectivity index (χ1) is 9.26. The molecule has 2 aromatic rings. The van der Waals surface area contributed by atoms with E-state index in [1.54, 1.807) is 0 Å². The predicted molar refractivity (Wildman–Crippen MR) is 81.0 cm³/mol. The van der Waals surface area contributed by atoms with Crippen LogP contribution in [0.1, 0.15) is 31.0 Å². The third kappa shape index (κ3) is 2.71. The fourth-order valence-electron chi connectivity index (χ4n) is 2.67. The third-order valence-corrected chi connectivity index (χ3v) is 4.46. The first-order valence-corrected chi connectivity index (χ1v) is 7.66. The molecule has 1 heterocycles. The Morgan fingerprint density at radius 3 is 2.79 bits per heavy atom. The number of fused-ring (bicyclic) bond motifs is 1. The zero-order chi connectivity index (χ0) is 13.2. The van der Waals surface area contributed by atoms with Crippen LogP contribution in [0.5, 0.6) is 0 Å². The van der Waals surface area contributed by atoms with Gasteiger partial charge in [0, 0.05) is 21.9 Å². The zero-order valence-corrected chi connectivity index (χ0v) is 12.7. The van der Waals surface area contributed by atoms with Crippen molar-refractivity contribution in [3.63, 3.8) is 0 Å². The van der Waals surface area contributed by atoms with Crippen molar-refractivity contribution in [3.8, 4) is 11.4 Å². The Labute approximate surface area is 122 Å². The van der Waals surface area contributed by atoms with E-state index in [0.29, 0.717) is 0 Å². The molecule has 98 valence electrons. The number of benzene rings is 1. The summed E-state index contributed by atoms with van der Waals surface area (Å²) in [6.07, 6.45) is 6.79. The molecule has 2 nitrogen and oxygen atoms in total. The van der Waals surface area contributed by atoms with Crippen molar-refractivity contribution < 1.29 is 0 Å². The maximum atomic E-state index is 4.76. The van der Waals surface area contributed by atoms with Gasteiger partial charge in [-0.1, -0.05) is 41.4 Å². The molecule has 1 aromatic heterocycles. The van der Waals surface area contributed by atoms with Gasteiger partial charge in [-0.2, -0.15) is 0 Å². The van der Waals surface area contributed by atoms with Gasteiger partial charge in [0.05, 0.1) is 0 Å². The lowest BCUT2D eigenvalue weighted by Crippen LogP contribution is -2.15. The topological polar surface area (TPSA) is 25.8 Å². The minimum absolute atomic E-state index is 0.814. The molecule has 0 fully saturated rings. The Balaban J connectivity index is 1.92. The summed E-state index contributed by atoms with van der Waals surface area (Å²) in [6, 6.07) is 8.18. The van der Waals surface area contributed by atoms with E-state index < -0.39 is 0 Å². The molecule has 1 atom stereocenters. The second-order valence-corrected chi connectivity index (χ2v) is 6.11. The molecule has 0 saturated carbocycles. The summed E-state index contributed by atoms with van der Waals surface area (Å²) < 4.78 is 1.08. The highest BCUT2D eigenvalue weighted by molar-refractivity contribution is 9.10. The highest BCUT2D eigenvalue weighted by Gasteiger charge is 2.19. The van der Waals surface area contributed by atoms with E-state index in [-0.39, 0.29) is 0 Å². The van der Waals surface area contributed by atoms with Crippen molar-refractivity contribution in [3.05, 3.63) is 46.2 Å². The fourth-order valence-corrected chi connectivity index (χ4v) is 2.93. The van der Waals surface area contributed by atoms with Crippen LogP contribution in [-0.2, 0) is 12.8 Å². The summed E-state index contributed by atoms with van der Waals surface area (Å²) >= 11 is 3.45. The van der Waals surface area contributed by atoms with E-state index in [2.05, 4.69) is 40.0 Å². The van der Waals surface area contributed by atoms with Crippen molar-refractivity contribution in [2.75, 3.05) is 0 Å². The molecule has 0 radical (unpaired) electrons. The van der Waals surface area contributed by atoms with Gasteiger partial charge >= 0.3 is 0 Å². The SMILES string of the molecule is CCC1CCc2nc(-c3ccc(Br)cc3)ncc2C1. The molecule has 0 amide bonds. The van der Waals surface area contributed by atoms with Crippen LogP contribution in [0.25, 0.3) is 11.4 Å². The van der Waals surface area contributed by atoms with Crippen molar-refractivity contribution in [2.24, 2.45) is 5.92 Å². The number of nitrogens with zero attached hydrogens (tertiary/aromatic N) is 2. The van der Waals surface area contributed by atoms with Gasteiger partial charge in [-0.3, -0.25) is 0 Å². The number of aryl methyl sites for hydroxylation is 1. The molecule has 0 saturated heterocycles. The second-order valence-electron chi connectivity index (χ2n) is 5.19.